The minimum Gasteiger partial charge on any atom is -0.497 e. The maximum Gasteiger partial charge on any atom is 0.241 e. The minimum atomic E-state index is -3.78. The molecule has 0 saturated carbocycles. The molecule has 3 rings (SSSR count). The van der Waals surface area contributed by atoms with Crippen molar-refractivity contribution >= 4 is 24.2 Å². The van der Waals surface area contributed by atoms with Crippen molar-refractivity contribution in [1.29, 1.82) is 0 Å². The number of sulfonamides is 1. The van der Waals surface area contributed by atoms with Crippen LogP contribution in [0.15, 0.2) is 76.8 Å². The molecule has 0 bridgehead atoms. The van der Waals surface area contributed by atoms with Gasteiger partial charge in [0.05, 0.1) is 26.1 Å². The highest BCUT2D eigenvalue weighted by Gasteiger charge is 2.33. The number of ether oxygens (including phenoxy) is 1. The molecule has 180 valence electrons. The van der Waals surface area contributed by atoms with E-state index in [1.165, 1.54) is 0 Å². The summed E-state index contributed by atoms with van der Waals surface area (Å²) in [5, 5.41) is 1.11. The molecule has 6 heteroatoms. The van der Waals surface area contributed by atoms with Crippen molar-refractivity contribution in [3.63, 3.8) is 0 Å². The summed E-state index contributed by atoms with van der Waals surface area (Å²) in [6.45, 7) is 12.4. The molecule has 0 aliphatic carbocycles. The van der Waals surface area contributed by atoms with Crippen LogP contribution >= 0.6 is 0 Å². The number of aryl methyl sites for hydroxylation is 3. The fraction of sp³-hybridized carbons (Fsp3) is 0.286. The number of hydrogen-bond donors (Lipinski definition) is 1. The lowest BCUT2D eigenvalue weighted by molar-refractivity contribution is 0.415. The van der Waals surface area contributed by atoms with E-state index < -0.39 is 24.1 Å². The molecule has 0 amide bonds. The molecule has 0 aliphatic heterocycles. The monoisotopic (exact) mass is 493 g/mol. The summed E-state index contributed by atoms with van der Waals surface area (Å²) in [5.41, 5.74) is 4.50. The summed E-state index contributed by atoms with van der Waals surface area (Å²) < 4.78 is 36.0. The average Bonchev–Trinajstić information content (AvgIpc) is 2.75. The first-order valence-corrected chi connectivity index (χ1v) is 16.4. The first-order valence-electron chi connectivity index (χ1n) is 11.4. The van der Waals surface area contributed by atoms with E-state index in [0.29, 0.717) is 4.90 Å². The third-order valence-corrected chi connectivity index (χ3v) is 9.79. The lowest BCUT2D eigenvalue weighted by atomic mass is 10.1. The van der Waals surface area contributed by atoms with Crippen LogP contribution in [0.3, 0.4) is 0 Å². The Morgan fingerprint density at radius 1 is 0.912 bits per heavy atom. The van der Waals surface area contributed by atoms with Gasteiger partial charge in [-0.25, -0.2) is 8.42 Å². The van der Waals surface area contributed by atoms with Gasteiger partial charge in [0.15, 0.2) is 0 Å². The Balaban J connectivity index is 2.17. The molecule has 1 unspecified atom stereocenters. The molecular formula is C28H35NO3SSi. The average molecular weight is 494 g/mol. The molecule has 0 fully saturated rings. The topological polar surface area (TPSA) is 55.4 Å². The molecule has 0 aromatic heterocycles. The zero-order valence-corrected chi connectivity index (χ0v) is 23.0. The quantitative estimate of drug-likeness (QED) is 0.360. The molecule has 1 N–H and O–H groups in total. The van der Waals surface area contributed by atoms with E-state index in [1.54, 1.807) is 7.11 Å². The minimum absolute atomic E-state index is 0.360. The molecule has 0 heterocycles. The van der Waals surface area contributed by atoms with Crippen molar-refractivity contribution in [3.8, 4) is 5.75 Å². The van der Waals surface area contributed by atoms with Gasteiger partial charge in [-0.2, -0.15) is 4.72 Å². The summed E-state index contributed by atoms with van der Waals surface area (Å²) >= 11 is 0. The number of methoxy groups -OCH3 is 1. The number of benzene rings is 3. The summed E-state index contributed by atoms with van der Waals surface area (Å²) in [4.78, 5) is 0.360. The molecule has 0 spiro atoms. The summed E-state index contributed by atoms with van der Waals surface area (Å²) in [7, 11) is -4.11. The van der Waals surface area contributed by atoms with E-state index in [4.69, 9.17) is 4.74 Å². The van der Waals surface area contributed by atoms with Gasteiger partial charge in [0, 0.05) is 0 Å². The number of hydrogen-bond acceptors (Lipinski definition) is 3. The van der Waals surface area contributed by atoms with Crippen LogP contribution in [0.4, 0.5) is 0 Å². The van der Waals surface area contributed by atoms with Gasteiger partial charge in [0.25, 0.3) is 0 Å². The maximum absolute atomic E-state index is 13.8. The van der Waals surface area contributed by atoms with E-state index in [1.807, 2.05) is 87.5 Å². The van der Waals surface area contributed by atoms with E-state index >= 15 is 0 Å². The fourth-order valence-electron chi connectivity index (χ4n) is 4.37. The largest absolute Gasteiger partial charge is 0.497 e. The summed E-state index contributed by atoms with van der Waals surface area (Å²) in [6, 6.07) is 21.1. The molecule has 1 atom stereocenters. The Bertz CT molecular complexity index is 1250. The van der Waals surface area contributed by atoms with Gasteiger partial charge in [-0.05, 0) is 55.2 Å². The van der Waals surface area contributed by atoms with Crippen LogP contribution in [-0.4, -0.2) is 23.6 Å². The lowest BCUT2D eigenvalue weighted by Gasteiger charge is -2.31. The van der Waals surface area contributed by atoms with Gasteiger partial charge in [0.1, 0.15) is 5.75 Å². The van der Waals surface area contributed by atoms with E-state index in [2.05, 4.69) is 30.4 Å². The molecule has 0 aliphatic rings. The zero-order chi connectivity index (χ0) is 25.1. The van der Waals surface area contributed by atoms with Crippen LogP contribution < -0.4 is 9.46 Å². The first-order chi connectivity index (χ1) is 15.9. The Labute approximate surface area is 205 Å². The van der Waals surface area contributed by atoms with Crippen molar-refractivity contribution in [3.05, 3.63) is 99.7 Å². The Morgan fingerprint density at radius 2 is 1.47 bits per heavy atom. The highest BCUT2D eigenvalue weighted by molar-refractivity contribution is 7.89. The standard InChI is InChI=1S/C28H35NO3SSi/c1-20-17-21(2)28(22(3)18-20)33(30,31)29-27(24-11-9-8-10-12-24)26(34(5,6)7)19-23-13-15-25(32-4)16-14-23/h8-19,27,29H,1-7H3/b26-19-. The number of nitrogens with one attached hydrogen (secondary N) is 1. The SMILES string of the molecule is COc1ccc(/C=C(/C(NS(=O)(=O)c2c(C)cc(C)cc2C)c2ccccc2)[Si](C)(C)C)cc1. The first kappa shape index (κ1) is 25.9. The molecule has 34 heavy (non-hydrogen) atoms. The highest BCUT2D eigenvalue weighted by Crippen LogP contribution is 2.34. The van der Waals surface area contributed by atoms with E-state index in [-0.39, 0.29) is 0 Å². The van der Waals surface area contributed by atoms with Crippen LogP contribution in [-0.2, 0) is 10.0 Å². The Hall–Kier alpha value is -2.67. The van der Waals surface area contributed by atoms with Crippen LogP contribution in [0, 0.1) is 20.8 Å². The second-order valence-electron chi connectivity index (χ2n) is 9.82. The molecular weight excluding hydrogens is 458 g/mol. The third-order valence-electron chi connectivity index (χ3n) is 5.89. The number of rotatable bonds is 8. The zero-order valence-electron chi connectivity index (χ0n) is 21.1. The van der Waals surface area contributed by atoms with Crippen molar-refractivity contribution < 1.29 is 13.2 Å². The van der Waals surface area contributed by atoms with Crippen LogP contribution in [0.5, 0.6) is 5.75 Å². The van der Waals surface area contributed by atoms with E-state index in [9.17, 15) is 8.42 Å². The predicted molar refractivity (Wildman–Crippen MR) is 144 cm³/mol. The molecule has 4 nitrogen and oxygen atoms in total. The van der Waals surface area contributed by atoms with E-state index in [0.717, 1.165) is 38.8 Å². The Kier molecular flexibility index (Phi) is 7.86. The van der Waals surface area contributed by atoms with Crippen LogP contribution in [0.2, 0.25) is 19.6 Å². The van der Waals surface area contributed by atoms with Gasteiger partial charge in [0.2, 0.25) is 10.0 Å². The van der Waals surface area contributed by atoms with Crippen LogP contribution in [0.25, 0.3) is 6.08 Å². The lowest BCUT2D eigenvalue weighted by Crippen LogP contribution is -2.38. The van der Waals surface area contributed by atoms with Crippen molar-refractivity contribution in [2.24, 2.45) is 0 Å². The molecule has 3 aromatic carbocycles. The summed E-state index contributed by atoms with van der Waals surface area (Å²) in [5.74, 6) is 0.789. The highest BCUT2D eigenvalue weighted by atomic mass is 32.2. The van der Waals surface area contributed by atoms with Gasteiger partial charge in [-0.3, -0.25) is 0 Å². The van der Waals surface area contributed by atoms with Gasteiger partial charge >= 0.3 is 0 Å². The normalized spacial score (nSPS) is 13.6. The Morgan fingerprint density at radius 3 is 1.97 bits per heavy atom. The van der Waals surface area contributed by atoms with Crippen molar-refractivity contribution in [2.75, 3.05) is 7.11 Å². The maximum atomic E-state index is 13.8. The van der Waals surface area contributed by atoms with Gasteiger partial charge in [-0.15, -0.1) is 0 Å². The fourth-order valence-corrected chi connectivity index (χ4v) is 7.84. The smallest absolute Gasteiger partial charge is 0.241 e. The molecule has 3 aromatic rings. The molecule has 0 radical (unpaired) electrons. The van der Waals surface area contributed by atoms with Gasteiger partial charge < -0.3 is 4.74 Å². The van der Waals surface area contributed by atoms with Crippen LogP contribution in [0.1, 0.15) is 33.9 Å². The van der Waals surface area contributed by atoms with Gasteiger partial charge in [-0.1, -0.05) is 91.1 Å². The van der Waals surface area contributed by atoms with Crippen molar-refractivity contribution in [2.45, 2.75) is 51.3 Å². The summed E-state index contributed by atoms with van der Waals surface area (Å²) in [6.07, 6.45) is 2.14. The van der Waals surface area contributed by atoms with Crippen molar-refractivity contribution in [1.82, 2.24) is 4.72 Å². The molecule has 0 saturated heterocycles. The second-order valence-corrected chi connectivity index (χ2v) is 16.5. The predicted octanol–water partition coefficient (Wildman–Crippen LogP) is 6.60. The third kappa shape index (κ3) is 6.06. The second kappa shape index (κ2) is 10.3.